The van der Waals surface area contributed by atoms with Crippen LogP contribution in [0, 0.1) is 0 Å². The molecule has 0 heterocycles. The average molecular weight is 305 g/mol. The molecule has 0 aliphatic heterocycles. The highest BCUT2D eigenvalue weighted by Crippen LogP contribution is 2.46. The first-order valence-electron chi connectivity index (χ1n) is 7.80. The van der Waals surface area contributed by atoms with Gasteiger partial charge in [0.25, 0.3) is 0 Å². The summed E-state index contributed by atoms with van der Waals surface area (Å²) in [5, 5.41) is 1.36. The van der Waals surface area contributed by atoms with Crippen LogP contribution in [0.3, 0.4) is 0 Å². The molecule has 1 aromatic rings. The Balaban J connectivity index is 2.85. The molecule has 1 aliphatic carbocycles. The standard InChI is InChI=1S/C18H28O2Si/c1-8-13-10-9-12(2)16-14(13)11-15(21(5,6)7)17(19-3)18(16)20-4/h8,11-12H,9-10H2,1-7H3/b13-8+/t12-/m0/s1. The van der Waals surface area contributed by atoms with Crippen molar-refractivity contribution in [2.45, 2.75) is 52.2 Å². The maximum absolute atomic E-state index is 5.80. The van der Waals surface area contributed by atoms with E-state index in [9.17, 15) is 0 Å². The van der Waals surface area contributed by atoms with Gasteiger partial charge in [-0.25, -0.2) is 0 Å². The third-order valence-electron chi connectivity index (χ3n) is 4.52. The minimum Gasteiger partial charge on any atom is -0.493 e. The van der Waals surface area contributed by atoms with E-state index in [4.69, 9.17) is 9.47 Å². The van der Waals surface area contributed by atoms with Gasteiger partial charge in [-0.2, -0.15) is 0 Å². The molecule has 116 valence electrons. The van der Waals surface area contributed by atoms with E-state index in [0.717, 1.165) is 17.9 Å². The molecule has 0 bridgehead atoms. The second-order valence-corrected chi connectivity index (χ2v) is 12.0. The zero-order valence-electron chi connectivity index (χ0n) is 14.5. The number of methoxy groups -OCH3 is 2. The Morgan fingerprint density at radius 2 is 1.76 bits per heavy atom. The van der Waals surface area contributed by atoms with E-state index >= 15 is 0 Å². The zero-order chi connectivity index (χ0) is 15.8. The van der Waals surface area contributed by atoms with Crippen molar-refractivity contribution in [2.24, 2.45) is 0 Å². The maximum Gasteiger partial charge on any atom is 0.164 e. The van der Waals surface area contributed by atoms with E-state index < -0.39 is 8.07 Å². The summed E-state index contributed by atoms with van der Waals surface area (Å²) >= 11 is 0. The maximum atomic E-state index is 5.80. The summed E-state index contributed by atoms with van der Waals surface area (Å²) < 4.78 is 11.6. The van der Waals surface area contributed by atoms with Gasteiger partial charge in [0.2, 0.25) is 0 Å². The molecule has 0 spiro atoms. The Morgan fingerprint density at radius 1 is 1.14 bits per heavy atom. The van der Waals surface area contributed by atoms with E-state index in [2.05, 4.69) is 45.6 Å². The predicted octanol–water partition coefficient (Wildman–Crippen LogP) is 4.55. The van der Waals surface area contributed by atoms with Crippen LogP contribution in [0.5, 0.6) is 11.5 Å². The SMILES string of the molecule is C/C=C1\CC[C@H](C)c2c1cc([Si](C)(C)C)c(OC)c2OC. The molecule has 0 saturated carbocycles. The fourth-order valence-corrected chi connectivity index (χ4v) is 4.80. The van der Waals surface area contributed by atoms with Gasteiger partial charge in [0, 0.05) is 5.56 Å². The van der Waals surface area contributed by atoms with Gasteiger partial charge in [0.15, 0.2) is 11.5 Å². The fraction of sp³-hybridized carbons (Fsp3) is 0.556. The Morgan fingerprint density at radius 3 is 2.24 bits per heavy atom. The molecule has 1 atom stereocenters. The monoisotopic (exact) mass is 304 g/mol. The second-order valence-electron chi connectivity index (χ2n) is 6.96. The topological polar surface area (TPSA) is 18.5 Å². The number of allylic oxidation sites excluding steroid dienone is 2. The van der Waals surface area contributed by atoms with Crippen LogP contribution >= 0.6 is 0 Å². The van der Waals surface area contributed by atoms with Crippen LogP contribution in [0.1, 0.15) is 43.7 Å². The van der Waals surface area contributed by atoms with Crippen molar-refractivity contribution in [2.75, 3.05) is 14.2 Å². The fourth-order valence-electron chi connectivity index (χ4n) is 3.32. The smallest absolute Gasteiger partial charge is 0.164 e. The van der Waals surface area contributed by atoms with Gasteiger partial charge in [-0.1, -0.05) is 38.7 Å². The summed E-state index contributed by atoms with van der Waals surface area (Å²) in [6.07, 6.45) is 4.59. The van der Waals surface area contributed by atoms with Crippen LogP contribution in [0.25, 0.3) is 5.57 Å². The predicted molar refractivity (Wildman–Crippen MR) is 93.8 cm³/mol. The molecule has 0 saturated heterocycles. The zero-order valence-corrected chi connectivity index (χ0v) is 15.5. The van der Waals surface area contributed by atoms with Crippen molar-refractivity contribution in [1.82, 2.24) is 0 Å². The summed E-state index contributed by atoms with van der Waals surface area (Å²) in [7, 11) is 2.03. The lowest BCUT2D eigenvalue weighted by Crippen LogP contribution is -2.39. The highest BCUT2D eigenvalue weighted by Gasteiger charge is 2.32. The molecule has 3 heteroatoms. The summed E-state index contributed by atoms with van der Waals surface area (Å²) in [6, 6.07) is 2.38. The molecule has 2 nitrogen and oxygen atoms in total. The van der Waals surface area contributed by atoms with E-state index in [-0.39, 0.29) is 0 Å². The summed E-state index contributed by atoms with van der Waals surface area (Å²) in [4.78, 5) is 0. The highest BCUT2D eigenvalue weighted by atomic mass is 28.3. The van der Waals surface area contributed by atoms with Crippen molar-refractivity contribution >= 4 is 18.8 Å². The molecule has 0 aromatic heterocycles. The third-order valence-corrected chi connectivity index (χ3v) is 6.51. The van der Waals surface area contributed by atoms with Crippen LogP contribution in [0.15, 0.2) is 12.1 Å². The average Bonchev–Trinajstić information content (AvgIpc) is 2.44. The Labute approximate surface area is 130 Å². The molecule has 1 aromatic carbocycles. The van der Waals surface area contributed by atoms with Crippen molar-refractivity contribution < 1.29 is 9.47 Å². The molecule has 0 unspecified atom stereocenters. The Hall–Kier alpha value is -1.22. The third kappa shape index (κ3) is 2.76. The molecule has 1 aliphatic rings. The van der Waals surface area contributed by atoms with E-state index in [1.807, 2.05) is 0 Å². The van der Waals surface area contributed by atoms with Gasteiger partial charge in [0.1, 0.15) is 0 Å². The molecular formula is C18H28O2Si. The van der Waals surface area contributed by atoms with Crippen LogP contribution in [-0.4, -0.2) is 22.3 Å². The largest absolute Gasteiger partial charge is 0.493 e. The van der Waals surface area contributed by atoms with Crippen molar-refractivity contribution in [3.05, 3.63) is 23.3 Å². The first kappa shape index (κ1) is 16.2. The lowest BCUT2D eigenvalue weighted by Gasteiger charge is -2.31. The lowest BCUT2D eigenvalue weighted by atomic mass is 9.80. The number of hydrogen-bond acceptors (Lipinski definition) is 2. The Kier molecular flexibility index (Phi) is 4.52. The number of benzene rings is 1. The van der Waals surface area contributed by atoms with Crippen molar-refractivity contribution in [3.8, 4) is 11.5 Å². The Bertz CT molecular complexity index is 568. The highest BCUT2D eigenvalue weighted by molar-refractivity contribution is 6.89. The number of fused-ring (bicyclic) bond motifs is 1. The lowest BCUT2D eigenvalue weighted by molar-refractivity contribution is 0.350. The van der Waals surface area contributed by atoms with Crippen molar-refractivity contribution in [1.29, 1.82) is 0 Å². The van der Waals surface area contributed by atoms with Gasteiger partial charge in [-0.05, 0) is 42.0 Å². The number of hydrogen-bond donors (Lipinski definition) is 0. The first-order valence-corrected chi connectivity index (χ1v) is 11.3. The molecule has 2 rings (SSSR count). The molecule has 0 radical (unpaired) electrons. The van der Waals surface area contributed by atoms with Crippen LogP contribution in [0.4, 0.5) is 0 Å². The van der Waals surface area contributed by atoms with Gasteiger partial charge >= 0.3 is 0 Å². The van der Waals surface area contributed by atoms with Gasteiger partial charge < -0.3 is 9.47 Å². The molecule has 21 heavy (non-hydrogen) atoms. The minimum atomic E-state index is -1.50. The van der Waals surface area contributed by atoms with Crippen LogP contribution in [-0.2, 0) is 0 Å². The second kappa shape index (κ2) is 5.88. The molecule has 0 fully saturated rings. The molecular weight excluding hydrogens is 276 g/mol. The van der Waals surface area contributed by atoms with Gasteiger partial charge in [-0.3, -0.25) is 0 Å². The van der Waals surface area contributed by atoms with Crippen LogP contribution in [0.2, 0.25) is 19.6 Å². The quantitative estimate of drug-likeness (QED) is 0.763. The first-order chi connectivity index (χ1) is 9.85. The molecule has 0 amide bonds. The minimum absolute atomic E-state index is 0.517. The van der Waals surface area contributed by atoms with Crippen molar-refractivity contribution in [3.63, 3.8) is 0 Å². The number of rotatable bonds is 3. The van der Waals surface area contributed by atoms with E-state index in [1.54, 1.807) is 14.2 Å². The normalized spacial score (nSPS) is 20.3. The van der Waals surface area contributed by atoms with E-state index in [0.29, 0.717) is 5.92 Å². The van der Waals surface area contributed by atoms with E-state index in [1.165, 1.54) is 28.3 Å². The summed E-state index contributed by atoms with van der Waals surface area (Å²) in [5.74, 6) is 2.43. The summed E-state index contributed by atoms with van der Waals surface area (Å²) in [6.45, 7) is 11.5. The van der Waals surface area contributed by atoms with Gasteiger partial charge in [-0.15, -0.1) is 0 Å². The number of ether oxygens (including phenoxy) is 2. The van der Waals surface area contributed by atoms with Gasteiger partial charge in [0.05, 0.1) is 22.3 Å². The summed E-state index contributed by atoms with van der Waals surface area (Å²) in [5.41, 5.74) is 4.16. The molecule has 0 N–H and O–H groups in total. The van der Waals surface area contributed by atoms with Crippen LogP contribution < -0.4 is 14.7 Å².